The average molecular weight is 523 g/mol. The summed E-state index contributed by atoms with van der Waals surface area (Å²) >= 11 is 0. The number of quaternary nitrogens is 1. The number of hydrogen-bond acceptors (Lipinski definition) is 4. The van der Waals surface area contributed by atoms with E-state index in [2.05, 4.69) is 5.32 Å². The van der Waals surface area contributed by atoms with E-state index in [1.165, 1.54) is 69.1 Å². The maximum Gasteiger partial charge on any atom is 0.410 e. The Morgan fingerprint density at radius 1 is 0.842 bits per heavy atom. The molecule has 208 valence electrons. The quantitative estimate of drug-likeness (QED) is 0.497. The van der Waals surface area contributed by atoms with Gasteiger partial charge in [0.05, 0.1) is 12.1 Å². The summed E-state index contributed by atoms with van der Waals surface area (Å²) in [5.74, 6) is -1.18. The first kappa shape index (κ1) is 29.7. The Morgan fingerprint density at radius 3 is 2.03 bits per heavy atom. The highest BCUT2D eigenvalue weighted by atomic mass is 16.6. The van der Waals surface area contributed by atoms with E-state index in [9.17, 15) is 14.7 Å². The van der Waals surface area contributed by atoms with Gasteiger partial charge in [0.1, 0.15) is 6.61 Å². The fraction of sp³-hybridized carbons (Fsp3) is 0.562. The summed E-state index contributed by atoms with van der Waals surface area (Å²) in [6.07, 6.45) is 14.9. The van der Waals surface area contributed by atoms with E-state index in [4.69, 9.17) is 4.74 Å². The van der Waals surface area contributed by atoms with Crippen molar-refractivity contribution in [1.82, 2.24) is 4.90 Å². The second-order valence-corrected chi connectivity index (χ2v) is 10.9. The van der Waals surface area contributed by atoms with E-state index in [0.717, 1.165) is 28.8 Å². The molecular weight excluding hydrogens is 476 g/mol. The summed E-state index contributed by atoms with van der Waals surface area (Å²) in [7, 11) is 0. The SMILES string of the molecule is C1CCC([NH2+]C2CCCCC2)CC1.Cc1cccc(CCN(CCC(=O)[O-])C(=O)OCc2ccccc2)c1. The summed E-state index contributed by atoms with van der Waals surface area (Å²) in [5.41, 5.74) is 3.12. The lowest BCUT2D eigenvalue weighted by atomic mass is 9.91. The number of carbonyl (C=O) groups excluding carboxylic acids is 2. The summed E-state index contributed by atoms with van der Waals surface area (Å²) in [6.45, 7) is 2.63. The largest absolute Gasteiger partial charge is 0.550 e. The molecule has 0 aromatic heterocycles. The molecule has 0 bridgehead atoms. The molecule has 0 radical (unpaired) electrons. The van der Waals surface area contributed by atoms with Gasteiger partial charge in [-0.25, -0.2) is 4.79 Å². The third-order valence-corrected chi connectivity index (χ3v) is 7.65. The maximum absolute atomic E-state index is 12.3. The van der Waals surface area contributed by atoms with Gasteiger partial charge in [0.2, 0.25) is 0 Å². The number of hydrogen-bond donors (Lipinski definition) is 1. The number of amides is 1. The number of carboxylic acid groups (broad SMARTS) is 1. The molecule has 0 atom stereocenters. The molecular formula is C32H46N2O4. The van der Waals surface area contributed by atoms with Crippen LogP contribution in [0.5, 0.6) is 0 Å². The molecule has 38 heavy (non-hydrogen) atoms. The van der Waals surface area contributed by atoms with Gasteiger partial charge in [0.15, 0.2) is 0 Å². The fourth-order valence-corrected chi connectivity index (χ4v) is 5.50. The van der Waals surface area contributed by atoms with Crippen molar-refractivity contribution in [3.05, 3.63) is 71.3 Å². The Balaban J connectivity index is 0.000000256. The van der Waals surface area contributed by atoms with Crippen LogP contribution in [0.4, 0.5) is 4.79 Å². The van der Waals surface area contributed by atoms with E-state index in [-0.39, 0.29) is 19.6 Å². The number of carbonyl (C=O) groups is 2. The molecule has 0 spiro atoms. The lowest BCUT2D eigenvalue weighted by Gasteiger charge is -2.27. The Morgan fingerprint density at radius 2 is 1.45 bits per heavy atom. The molecule has 2 aliphatic carbocycles. The van der Waals surface area contributed by atoms with Gasteiger partial charge in [0.25, 0.3) is 0 Å². The van der Waals surface area contributed by atoms with E-state index in [1.54, 1.807) is 0 Å². The van der Waals surface area contributed by atoms with Gasteiger partial charge >= 0.3 is 6.09 Å². The van der Waals surface area contributed by atoms with Crippen molar-refractivity contribution < 1.29 is 24.7 Å². The molecule has 6 heteroatoms. The minimum Gasteiger partial charge on any atom is -0.550 e. The number of nitrogens with two attached hydrogens (primary N) is 1. The number of aryl methyl sites for hydroxylation is 1. The zero-order valence-electron chi connectivity index (χ0n) is 23.1. The molecule has 2 aliphatic rings. The van der Waals surface area contributed by atoms with Crippen molar-refractivity contribution >= 4 is 12.1 Å². The van der Waals surface area contributed by atoms with E-state index in [1.807, 2.05) is 61.5 Å². The van der Waals surface area contributed by atoms with Crippen LogP contribution in [0.3, 0.4) is 0 Å². The van der Waals surface area contributed by atoms with Gasteiger partial charge in [-0.2, -0.15) is 0 Å². The normalized spacial score (nSPS) is 16.2. The first-order chi connectivity index (χ1) is 18.5. The molecule has 2 fully saturated rings. The first-order valence-electron chi connectivity index (χ1n) is 14.6. The van der Waals surface area contributed by atoms with Crippen molar-refractivity contribution in [2.75, 3.05) is 13.1 Å². The number of nitrogens with zero attached hydrogens (tertiary/aromatic N) is 1. The highest BCUT2D eigenvalue weighted by molar-refractivity contribution is 5.69. The van der Waals surface area contributed by atoms with E-state index in [0.29, 0.717) is 13.0 Å². The summed E-state index contributed by atoms with van der Waals surface area (Å²) in [4.78, 5) is 24.5. The Kier molecular flexibility index (Phi) is 13.2. The molecule has 6 nitrogen and oxygen atoms in total. The van der Waals surface area contributed by atoms with Crippen LogP contribution in [0.1, 0.15) is 87.3 Å². The van der Waals surface area contributed by atoms with Crippen LogP contribution in [0, 0.1) is 6.92 Å². The van der Waals surface area contributed by atoms with Crippen LogP contribution in [-0.2, 0) is 22.6 Å². The number of carboxylic acids is 1. The van der Waals surface area contributed by atoms with Crippen LogP contribution >= 0.6 is 0 Å². The number of aliphatic carboxylic acids is 1. The smallest absolute Gasteiger partial charge is 0.410 e. The molecule has 4 rings (SSSR count). The van der Waals surface area contributed by atoms with Gasteiger partial charge in [0, 0.05) is 25.5 Å². The fourth-order valence-electron chi connectivity index (χ4n) is 5.50. The predicted molar refractivity (Wildman–Crippen MR) is 148 cm³/mol. The van der Waals surface area contributed by atoms with Crippen LogP contribution < -0.4 is 10.4 Å². The Bertz CT molecular complexity index is 937. The topological polar surface area (TPSA) is 86.3 Å². The van der Waals surface area contributed by atoms with Crippen molar-refractivity contribution in [1.29, 1.82) is 0 Å². The maximum atomic E-state index is 12.3. The molecule has 2 aromatic rings. The molecule has 0 unspecified atom stereocenters. The molecule has 0 saturated heterocycles. The third-order valence-electron chi connectivity index (χ3n) is 7.65. The van der Waals surface area contributed by atoms with Crippen LogP contribution in [0.15, 0.2) is 54.6 Å². The molecule has 1 amide bonds. The Hall–Kier alpha value is -2.86. The second kappa shape index (κ2) is 16.9. The zero-order valence-corrected chi connectivity index (χ0v) is 23.1. The van der Waals surface area contributed by atoms with Crippen LogP contribution in [0.25, 0.3) is 0 Å². The van der Waals surface area contributed by atoms with Gasteiger partial charge in [-0.3, -0.25) is 0 Å². The summed E-state index contributed by atoms with van der Waals surface area (Å²) in [5, 5.41) is 13.5. The van der Waals surface area contributed by atoms with Gasteiger partial charge in [-0.15, -0.1) is 0 Å². The highest BCUT2D eigenvalue weighted by Gasteiger charge is 2.22. The number of ether oxygens (including phenoxy) is 1. The van der Waals surface area contributed by atoms with E-state index >= 15 is 0 Å². The predicted octanol–water partition coefficient (Wildman–Crippen LogP) is 4.53. The minimum atomic E-state index is -1.18. The number of rotatable bonds is 10. The molecule has 0 aliphatic heterocycles. The number of benzene rings is 2. The van der Waals surface area contributed by atoms with E-state index < -0.39 is 12.1 Å². The first-order valence-corrected chi connectivity index (χ1v) is 14.6. The third kappa shape index (κ3) is 11.7. The van der Waals surface area contributed by atoms with Crippen molar-refractivity contribution in [3.63, 3.8) is 0 Å². The second-order valence-electron chi connectivity index (χ2n) is 10.9. The van der Waals surface area contributed by atoms with Gasteiger partial charge in [-0.1, -0.05) is 73.0 Å². The zero-order chi connectivity index (χ0) is 27.0. The van der Waals surface area contributed by atoms with Crippen molar-refractivity contribution in [2.24, 2.45) is 0 Å². The highest BCUT2D eigenvalue weighted by Crippen LogP contribution is 2.18. The summed E-state index contributed by atoms with van der Waals surface area (Å²) < 4.78 is 5.31. The lowest BCUT2D eigenvalue weighted by molar-refractivity contribution is -0.725. The van der Waals surface area contributed by atoms with Crippen LogP contribution in [-0.4, -0.2) is 42.1 Å². The standard InChI is InChI=1S/C20H23NO4.C12H23N/c1-16-6-5-9-17(14-16)10-12-21(13-11-19(22)23)20(24)25-15-18-7-3-2-4-8-18;1-3-7-11(8-4-1)13-12-9-5-2-6-10-12/h2-9,14H,10-13,15H2,1H3,(H,22,23);11-13H,1-10H2. The molecule has 0 heterocycles. The molecule has 2 N–H and O–H groups in total. The minimum absolute atomic E-state index is 0.0712. The lowest BCUT2D eigenvalue weighted by Crippen LogP contribution is -2.95. The van der Waals surface area contributed by atoms with Gasteiger partial charge < -0.3 is 24.9 Å². The monoisotopic (exact) mass is 522 g/mol. The Labute approximate surface area is 228 Å². The summed E-state index contributed by atoms with van der Waals surface area (Å²) in [6, 6.07) is 19.4. The van der Waals surface area contributed by atoms with Crippen molar-refractivity contribution in [3.8, 4) is 0 Å². The molecule has 2 aromatic carbocycles. The van der Waals surface area contributed by atoms with Gasteiger partial charge in [-0.05, 0) is 75.8 Å². The van der Waals surface area contributed by atoms with Crippen molar-refractivity contribution in [2.45, 2.75) is 103 Å². The average Bonchev–Trinajstić information content (AvgIpc) is 2.94. The van der Waals surface area contributed by atoms with Crippen LogP contribution in [0.2, 0.25) is 0 Å². The molecule has 2 saturated carbocycles.